The van der Waals surface area contributed by atoms with Crippen LogP contribution in [0.3, 0.4) is 0 Å². The molecule has 4 heteroatoms. The number of carbonyl (C=O) groups excluding carboxylic acids is 1. The highest BCUT2D eigenvalue weighted by molar-refractivity contribution is 5.73. The van der Waals surface area contributed by atoms with Gasteiger partial charge < -0.3 is 14.8 Å². The summed E-state index contributed by atoms with van der Waals surface area (Å²) in [5.41, 5.74) is 1.05. The van der Waals surface area contributed by atoms with Crippen molar-refractivity contribution < 1.29 is 14.3 Å². The maximum Gasteiger partial charge on any atom is 0.217 e. The molecule has 0 aromatic heterocycles. The molecular formula is C15H21NO3. The number of hydrogen-bond donors (Lipinski definition) is 1. The standard InChI is InChI=1S/C15H21NO3/c1-10(2)15(16-11(3)17)12-5-6-13-14(9-12)19-8-4-7-18-13/h5-6,9-10,15H,4,7-8H2,1-3H3,(H,16,17). The summed E-state index contributed by atoms with van der Waals surface area (Å²) in [5.74, 6) is 1.84. The van der Waals surface area contributed by atoms with E-state index in [9.17, 15) is 4.79 Å². The fourth-order valence-corrected chi connectivity index (χ4v) is 2.23. The van der Waals surface area contributed by atoms with E-state index in [2.05, 4.69) is 19.2 Å². The van der Waals surface area contributed by atoms with Gasteiger partial charge in [0.1, 0.15) is 0 Å². The molecule has 104 valence electrons. The van der Waals surface area contributed by atoms with E-state index >= 15 is 0 Å². The molecule has 1 amide bonds. The predicted molar refractivity (Wildman–Crippen MR) is 73.4 cm³/mol. The van der Waals surface area contributed by atoms with Crippen molar-refractivity contribution in [2.24, 2.45) is 5.92 Å². The van der Waals surface area contributed by atoms with Crippen molar-refractivity contribution in [3.05, 3.63) is 23.8 Å². The van der Waals surface area contributed by atoms with E-state index in [0.29, 0.717) is 19.1 Å². The van der Waals surface area contributed by atoms with Crippen LogP contribution in [0.5, 0.6) is 11.5 Å². The number of carbonyl (C=O) groups is 1. The molecule has 1 aliphatic rings. The van der Waals surface area contributed by atoms with Crippen molar-refractivity contribution >= 4 is 5.91 Å². The van der Waals surface area contributed by atoms with Gasteiger partial charge in [0.25, 0.3) is 0 Å². The summed E-state index contributed by atoms with van der Waals surface area (Å²) in [6, 6.07) is 5.89. The van der Waals surface area contributed by atoms with Gasteiger partial charge in [-0.1, -0.05) is 19.9 Å². The Bertz CT molecular complexity index is 457. The largest absolute Gasteiger partial charge is 0.490 e. The summed E-state index contributed by atoms with van der Waals surface area (Å²) in [4.78, 5) is 11.3. The molecule has 0 saturated heterocycles. The van der Waals surface area contributed by atoms with Crippen LogP contribution in [0, 0.1) is 5.92 Å². The molecule has 1 atom stereocenters. The van der Waals surface area contributed by atoms with Crippen LogP contribution in [-0.2, 0) is 4.79 Å². The number of nitrogens with one attached hydrogen (secondary N) is 1. The first-order valence-electron chi connectivity index (χ1n) is 6.74. The molecule has 0 fully saturated rings. The molecule has 0 saturated carbocycles. The van der Waals surface area contributed by atoms with E-state index in [1.165, 1.54) is 0 Å². The molecule has 0 bridgehead atoms. The van der Waals surface area contributed by atoms with Crippen LogP contribution >= 0.6 is 0 Å². The fraction of sp³-hybridized carbons (Fsp3) is 0.533. The third-order valence-corrected chi connectivity index (χ3v) is 3.16. The van der Waals surface area contributed by atoms with E-state index in [1.807, 2.05) is 18.2 Å². The monoisotopic (exact) mass is 263 g/mol. The molecule has 2 rings (SSSR count). The molecule has 0 spiro atoms. The van der Waals surface area contributed by atoms with Gasteiger partial charge in [-0.15, -0.1) is 0 Å². The molecule has 1 N–H and O–H groups in total. The Morgan fingerprint density at radius 3 is 2.53 bits per heavy atom. The number of hydrogen-bond acceptors (Lipinski definition) is 3. The van der Waals surface area contributed by atoms with Gasteiger partial charge in [-0.05, 0) is 23.6 Å². The van der Waals surface area contributed by atoms with Crippen molar-refractivity contribution in [2.75, 3.05) is 13.2 Å². The smallest absolute Gasteiger partial charge is 0.217 e. The summed E-state index contributed by atoms with van der Waals surface area (Å²) >= 11 is 0. The zero-order chi connectivity index (χ0) is 13.8. The molecule has 0 aliphatic carbocycles. The van der Waals surface area contributed by atoms with Crippen LogP contribution in [-0.4, -0.2) is 19.1 Å². The molecule has 19 heavy (non-hydrogen) atoms. The normalized spacial score (nSPS) is 15.8. The van der Waals surface area contributed by atoms with Crippen LogP contribution < -0.4 is 14.8 Å². The molecule has 1 aromatic carbocycles. The molecule has 1 unspecified atom stereocenters. The van der Waals surface area contributed by atoms with Crippen LogP contribution in [0.25, 0.3) is 0 Å². The predicted octanol–water partition coefficient (Wildman–Crippen LogP) is 2.68. The first kappa shape index (κ1) is 13.7. The number of rotatable bonds is 3. The Balaban J connectivity index is 2.28. The molecular weight excluding hydrogens is 242 g/mol. The first-order chi connectivity index (χ1) is 9.08. The highest BCUT2D eigenvalue weighted by Gasteiger charge is 2.19. The summed E-state index contributed by atoms with van der Waals surface area (Å²) in [7, 11) is 0. The lowest BCUT2D eigenvalue weighted by molar-refractivity contribution is -0.120. The van der Waals surface area contributed by atoms with Crippen LogP contribution in [0.15, 0.2) is 18.2 Å². The Hall–Kier alpha value is -1.71. The Morgan fingerprint density at radius 2 is 1.89 bits per heavy atom. The minimum absolute atomic E-state index is 0.00495. The number of benzene rings is 1. The lowest BCUT2D eigenvalue weighted by Crippen LogP contribution is -2.29. The van der Waals surface area contributed by atoms with Gasteiger partial charge >= 0.3 is 0 Å². The first-order valence-corrected chi connectivity index (χ1v) is 6.74. The zero-order valence-electron chi connectivity index (χ0n) is 11.7. The molecule has 4 nitrogen and oxygen atoms in total. The van der Waals surface area contributed by atoms with Gasteiger partial charge in [0.2, 0.25) is 5.91 Å². The van der Waals surface area contributed by atoms with Gasteiger partial charge in [0.15, 0.2) is 11.5 Å². The summed E-state index contributed by atoms with van der Waals surface area (Å²) in [5, 5.41) is 2.98. The topological polar surface area (TPSA) is 47.6 Å². The molecule has 1 aromatic rings. The summed E-state index contributed by atoms with van der Waals surface area (Å²) in [6.07, 6.45) is 0.892. The van der Waals surface area contributed by atoms with Crippen molar-refractivity contribution in [3.8, 4) is 11.5 Å². The van der Waals surface area contributed by atoms with Crippen molar-refractivity contribution in [2.45, 2.75) is 33.2 Å². The van der Waals surface area contributed by atoms with E-state index in [4.69, 9.17) is 9.47 Å². The van der Waals surface area contributed by atoms with Gasteiger partial charge in [-0.2, -0.15) is 0 Å². The highest BCUT2D eigenvalue weighted by atomic mass is 16.5. The fourth-order valence-electron chi connectivity index (χ4n) is 2.23. The summed E-state index contributed by atoms with van der Waals surface area (Å²) < 4.78 is 11.3. The third kappa shape index (κ3) is 3.40. The third-order valence-electron chi connectivity index (χ3n) is 3.16. The summed E-state index contributed by atoms with van der Waals surface area (Å²) in [6.45, 7) is 7.07. The second-order valence-corrected chi connectivity index (χ2v) is 5.18. The van der Waals surface area contributed by atoms with Crippen molar-refractivity contribution in [1.29, 1.82) is 0 Å². The Labute approximate surface area is 114 Å². The Morgan fingerprint density at radius 1 is 1.21 bits per heavy atom. The average Bonchev–Trinajstić information content (AvgIpc) is 2.59. The lowest BCUT2D eigenvalue weighted by atomic mass is 9.95. The maximum atomic E-state index is 11.3. The molecule has 0 radical (unpaired) electrons. The van der Waals surface area contributed by atoms with E-state index in [0.717, 1.165) is 23.5 Å². The molecule has 1 aliphatic heterocycles. The van der Waals surface area contributed by atoms with Gasteiger partial charge in [-0.25, -0.2) is 0 Å². The van der Waals surface area contributed by atoms with Crippen LogP contribution in [0.1, 0.15) is 38.8 Å². The van der Waals surface area contributed by atoms with Crippen LogP contribution in [0.2, 0.25) is 0 Å². The van der Waals surface area contributed by atoms with Gasteiger partial charge in [0, 0.05) is 13.3 Å². The minimum Gasteiger partial charge on any atom is -0.490 e. The maximum absolute atomic E-state index is 11.3. The van der Waals surface area contributed by atoms with E-state index < -0.39 is 0 Å². The zero-order valence-corrected chi connectivity index (χ0v) is 11.7. The average molecular weight is 263 g/mol. The lowest BCUT2D eigenvalue weighted by Gasteiger charge is -2.23. The van der Waals surface area contributed by atoms with E-state index in [-0.39, 0.29) is 11.9 Å². The van der Waals surface area contributed by atoms with Crippen LogP contribution in [0.4, 0.5) is 0 Å². The van der Waals surface area contributed by atoms with E-state index in [1.54, 1.807) is 6.92 Å². The number of fused-ring (bicyclic) bond motifs is 1. The second-order valence-electron chi connectivity index (χ2n) is 5.18. The SMILES string of the molecule is CC(=O)NC(c1ccc2c(c1)OCCCO2)C(C)C. The molecule has 1 heterocycles. The Kier molecular flexibility index (Phi) is 4.30. The number of amides is 1. The van der Waals surface area contributed by atoms with Gasteiger partial charge in [-0.3, -0.25) is 4.79 Å². The van der Waals surface area contributed by atoms with Gasteiger partial charge in [0.05, 0.1) is 19.3 Å². The minimum atomic E-state index is -0.0224. The number of ether oxygens (including phenoxy) is 2. The van der Waals surface area contributed by atoms with Crippen molar-refractivity contribution in [3.63, 3.8) is 0 Å². The second kappa shape index (κ2) is 5.95. The quantitative estimate of drug-likeness (QED) is 0.912. The van der Waals surface area contributed by atoms with Crippen molar-refractivity contribution in [1.82, 2.24) is 5.32 Å². The highest BCUT2D eigenvalue weighted by Crippen LogP contribution is 2.34.